The average Bonchev–Trinajstić information content (AvgIpc) is 2.95. The van der Waals surface area contributed by atoms with Gasteiger partial charge in [0.25, 0.3) is 5.56 Å². The molecule has 1 aromatic heterocycles. The minimum Gasteiger partial charge on any atom is -0.479 e. The van der Waals surface area contributed by atoms with Crippen molar-refractivity contribution < 1.29 is 22.7 Å². The number of nitrogens with zero attached hydrogens (tertiary/aromatic N) is 2. The van der Waals surface area contributed by atoms with Crippen LogP contribution in [0.2, 0.25) is 0 Å². The zero-order chi connectivity index (χ0) is 27.8. The van der Waals surface area contributed by atoms with E-state index in [1.165, 1.54) is 36.9 Å². The topological polar surface area (TPSA) is 105 Å². The molecule has 0 unspecified atom stereocenters. The molecular formula is C30H30N2O6S. The molecule has 39 heavy (non-hydrogen) atoms. The van der Waals surface area contributed by atoms with Crippen LogP contribution in [0.3, 0.4) is 0 Å². The van der Waals surface area contributed by atoms with Gasteiger partial charge in [-0.15, -0.1) is 0 Å². The van der Waals surface area contributed by atoms with E-state index in [9.17, 15) is 18.0 Å². The van der Waals surface area contributed by atoms with Crippen LogP contribution in [-0.2, 0) is 25.9 Å². The lowest BCUT2D eigenvalue weighted by molar-refractivity contribution is -0.147. The SMILES string of the molecule is COC(=O)[C@H](C)Oc1cccc(S(=O)(=O)CCCn2nc(C(c3ccccc3)c3ccccc3)ccc2=O)c1. The third-order valence-corrected chi connectivity index (χ3v) is 8.04. The number of ether oxygens (including phenoxy) is 2. The fraction of sp³-hybridized carbons (Fsp3) is 0.233. The van der Waals surface area contributed by atoms with Gasteiger partial charge in [-0.25, -0.2) is 17.9 Å². The van der Waals surface area contributed by atoms with E-state index < -0.39 is 21.9 Å². The minimum atomic E-state index is -3.68. The Kier molecular flexibility index (Phi) is 8.93. The molecule has 0 aliphatic rings. The summed E-state index contributed by atoms with van der Waals surface area (Å²) in [6.45, 7) is 1.66. The van der Waals surface area contributed by atoms with E-state index >= 15 is 0 Å². The van der Waals surface area contributed by atoms with Crippen LogP contribution < -0.4 is 10.3 Å². The van der Waals surface area contributed by atoms with Gasteiger partial charge in [-0.1, -0.05) is 66.7 Å². The van der Waals surface area contributed by atoms with Gasteiger partial charge in [0, 0.05) is 12.6 Å². The first kappa shape index (κ1) is 27.8. The summed E-state index contributed by atoms with van der Waals surface area (Å²) in [5.74, 6) is -0.696. The maximum Gasteiger partial charge on any atom is 0.346 e. The molecule has 0 saturated carbocycles. The van der Waals surface area contributed by atoms with Crippen molar-refractivity contribution >= 4 is 15.8 Å². The Morgan fingerprint density at radius 2 is 1.54 bits per heavy atom. The summed E-state index contributed by atoms with van der Waals surface area (Å²) in [4.78, 5) is 24.3. The van der Waals surface area contributed by atoms with E-state index in [2.05, 4.69) is 9.84 Å². The Morgan fingerprint density at radius 3 is 2.15 bits per heavy atom. The van der Waals surface area contributed by atoms with E-state index in [1.54, 1.807) is 18.2 Å². The second-order valence-electron chi connectivity index (χ2n) is 9.00. The van der Waals surface area contributed by atoms with E-state index in [0.717, 1.165) is 11.1 Å². The van der Waals surface area contributed by atoms with Crippen LogP contribution in [0.15, 0.2) is 107 Å². The van der Waals surface area contributed by atoms with Crippen LogP contribution in [-0.4, -0.2) is 43.1 Å². The smallest absolute Gasteiger partial charge is 0.346 e. The van der Waals surface area contributed by atoms with E-state index in [-0.39, 0.29) is 40.8 Å². The van der Waals surface area contributed by atoms with Gasteiger partial charge in [-0.05, 0) is 48.7 Å². The lowest BCUT2D eigenvalue weighted by atomic mass is 9.88. The first-order valence-corrected chi connectivity index (χ1v) is 14.2. The highest BCUT2D eigenvalue weighted by atomic mass is 32.2. The van der Waals surface area contributed by atoms with Crippen molar-refractivity contribution in [1.29, 1.82) is 0 Å². The third kappa shape index (κ3) is 7.00. The standard InChI is InChI=1S/C30H30N2O6S/c1-22(30(34)37-2)38-25-15-9-16-26(21-25)39(35,36)20-10-19-32-28(33)18-17-27(31-32)29(23-11-5-3-6-12-23)24-13-7-4-8-14-24/h3-9,11-18,21-22,29H,10,19-20H2,1-2H3/t22-/m0/s1. The summed E-state index contributed by atoms with van der Waals surface area (Å²) in [6.07, 6.45) is -0.697. The Bertz CT molecular complexity index is 1530. The number of sulfone groups is 1. The van der Waals surface area contributed by atoms with Gasteiger partial charge in [0.1, 0.15) is 5.75 Å². The molecule has 4 aromatic rings. The molecule has 0 aliphatic heterocycles. The molecule has 8 nitrogen and oxygen atoms in total. The number of hydrogen-bond donors (Lipinski definition) is 0. The van der Waals surface area contributed by atoms with Gasteiger partial charge >= 0.3 is 5.97 Å². The van der Waals surface area contributed by atoms with Crippen molar-refractivity contribution in [3.63, 3.8) is 0 Å². The highest BCUT2D eigenvalue weighted by Crippen LogP contribution is 2.30. The van der Waals surface area contributed by atoms with Crippen LogP contribution in [0.4, 0.5) is 0 Å². The highest BCUT2D eigenvalue weighted by Gasteiger charge is 2.21. The van der Waals surface area contributed by atoms with Crippen molar-refractivity contribution in [2.24, 2.45) is 0 Å². The largest absolute Gasteiger partial charge is 0.479 e. The molecule has 0 amide bonds. The van der Waals surface area contributed by atoms with Crippen LogP contribution in [0.1, 0.15) is 36.1 Å². The van der Waals surface area contributed by atoms with Crippen molar-refractivity contribution in [1.82, 2.24) is 9.78 Å². The van der Waals surface area contributed by atoms with Crippen molar-refractivity contribution in [2.45, 2.75) is 36.8 Å². The van der Waals surface area contributed by atoms with Crippen LogP contribution in [0, 0.1) is 0 Å². The zero-order valence-electron chi connectivity index (χ0n) is 21.8. The number of carbonyl (C=O) groups excluding carboxylic acids is 1. The number of aromatic nitrogens is 2. The Hall–Kier alpha value is -4.24. The fourth-order valence-corrected chi connectivity index (χ4v) is 5.61. The van der Waals surface area contributed by atoms with Gasteiger partial charge in [-0.2, -0.15) is 5.10 Å². The second kappa shape index (κ2) is 12.5. The first-order valence-electron chi connectivity index (χ1n) is 12.5. The molecule has 0 fully saturated rings. The summed E-state index contributed by atoms with van der Waals surface area (Å²) < 4.78 is 37.5. The first-order chi connectivity index (χ1) is 18.8. The maximum absolute atomic E-state index is 13.0. The Morgan fingerprint density at radius 1 is 0.897 bits per heavy atom. The molecule has 0 spiro atoms. The van der Waals surface area contributed by atoms with Gasteiger partial charge in [-0.3, -0.25) is 4.79 Å². The summed E-state index contributed by atoms with van der Waals surface area (Å²) in [5, 5.41) is 4.63. The van der Waals surface area contributed by atoms with Gasteiger partial charge in [0.15, 0.2) is 15.9 Å². The number of carbonyl (C=O) groups is 1. The molecule has 1 heterocycles. The summed E-state index contributed by atoms with van der Waals surface area (Å²) in [7, 11) is -2.43. The van der Waals surface area contributed by atoms with Crippen molar-refractivity contribution in [2.75, 3.05) is 12.9 Å². The number of hydrogen-bond acceptors (Lipinski definition) is 7. The molecule has 0 bridgehead atoms. The average molecular weight is 547 g/mol. The third-order valence-electron chi connectivity index (χ3n) is 6.24. The number of rotatable bonds is 11. The zero-order valence-corrected chi connectivity index (χ0v) is 22.6. The fourth-order valence-electron chi connectivity index (χ4n) is 4.29. The molecular weight excluding hydrogens is 516 g/mol. The number of methoxy groups -OCH3 is 1. The molecule has 0 saturated heterocycles. The molecule has 1 atom stereocenters. The Balaban J connectivity index is 1.51. The molecule has 0 radical (unpaired) electrons. The number of aryl methyl sites for hydroxylation is 1. The van der Waals surface area contributed by atoms with Crippen LogP contribution in [0.25, 0.3) is 0 Å². The van der Waals surface area contributed by atoms with Crippen molar-refractivity contribution in [3.05, 3.63) is 124 Å². The molecule has 3 aromatic carbocycles. The van der Waals surface area contributed by atoms with E-state index in [4.69, 9.17) is 4.74 Å². The van der Waals surface area contributed by atoms with Crippen LogP contribution >= 0.6 is 0 Å². The van der Waals surface area contributed by atoms with Crippen molar-refractivity contribution in [3.8, 4) is 5.75 Å². The van der Waals surface area contributed by atoms with Gasteiger partial charge in [0.05, 0.1) is 29.4 Å². The predicted molar refractivity (Wildman–Crippen MR) is 148 cm³/mol. The predicted octanol–water partition coefficient (Wildman–Crippen LogP) is 4.23. The lowest BCUT2D eigenvalue weighted by Gasteiger charge is -2.18. The lowest BCUT2D eigenvalue weighted by Crippen LogP contribution is -2.25. The van der Waals surface area contributed by atoms with Crippen LogP contribution in [0.5, 0.6) is 5.75 Å². The molecule has 0 aliphatic carbocycles. The molecule has 9 heteroatoms. The van der Waals surface area contributed by atoms with Gasteiger partial charge in [0.2, 0.25) is 0 Å². The normalized spacial score (nSPS) is 12.2. The highest BCUT2D eigenvalue weighted by molar-refractivity contribution is 7.91. The molecule has 202 valence electrons. The summed E-state index contributed by atoms with van der Waals surface area (Å²) in [6, 6.07) is 29.0. The maximum atomic E-state index is 13.0. The Labute approximate surface area is 227 Å². The van der Waals surface area contributed by atoms with E-state index in [1.807, 2.05) is 60.7 Å². The molecule has 0 N–H and O–H groups in total. The monoisotopic (exact) mass is 546 g/mol. The summed E-state index contributed by atoms with van der Waals surface area (Å²) >= 11 is 0. The van der Waals surface area contributed by atoms with E-state index in [0.29, 0.717) is 5.69 Å². The quantitative estimate of drug-likeness (QED) is 0.259. The number of esters is 1. The number of benzene rings is 3. The minimum absolute atomic E-state index is 0.0688. The van der Waals surface area contributed by atoms with Gasteiger partial charge < -0.3 is 9.47 Å². The molecule has 4 rings (SSSR count). The second-order valence-corrected chi connectivity index (χ2v) is 11.1. The summed E-state index contributed by atoms with van der Waals surface area (Å²) in [5.41, 5.74) is 2.46.